The molecule has 0 spiro atoms. The molecule has 2 amide bonds. The minimum Gasteiger partial charge on any atom is -0.495 e. The topological polar surface area (TPSA) is 97.2 Å². The average molecular weight is 310 g/mol. The maximum absolute atomic E-state index is 11.6. The van der Waals surface area contributed by atoms with Crippen LogP contribution in [0.4, 0.5) is 0 Å². The van der Waals surface area contributed by atoms with E-state index in [1.54, 1.807) is 12.1 Å². The van der Waals surface area contributed by atoms with Crippen LogP contribution < -0.4 is 15.8 Å². The number of nitrogens with one attached hydrogen (secondary N) is 2. The predicted octanol–water partition coefficient (Wildman–Crippen LogP) is 1.61. The van der Waals surface area contributed by atoms with E-state index in [4.69, 9.17) is 22.1 Å². The number of ether oxygens (including phenoxy) is 1. The van der Waals surface area contributed by atoms with Crippen LogP contribution in [0.15, 0.2) is 12.1 Å². The fraction of sp³-hybridized carbons (Fsp3) is 0.286. The Kier molecular flexibility index (Phi) is 4.37. The molecular formula is C14H16ClN3O3. The number of methoxy groups -OCH3 is 1. The summed E-state index contributed by atoms with van der Waals surface area (Å²) >= 11 is 6.07. The number of fused-ring (bicyclic) bond motifs is 1. The molecule has 2 aromatic rings. The third kappa shape index (κ3) is 3.11. The Bertz CT molecular complexity index is 709. The summed E-state index contributed by atoms with van der Waals surface area (Å²) in [6, 6.07) is 3.44. The highest BCUT2D eigenvalue weighted by molar-refractivity contribution is 6.32. The van der Waals surface area contributed by atoms with Gasteiger partial charge in [0.15, 0.2) is 0 Å². The SMILES string of the molecule is COc1cc2c(CCNC(C)=O)c(C(N)=O)[nH]c2cc1Cl. The van der Waals surface area contributed by atoms with Gasteiger partial charge in [0.2, 0.25) is 5.91 Å². The molecule has 0 aliphatic carbocycles. The number of benzene rings is 1. The molecule has 4 N–H and O–H groups in total. The van der Waals surface area contributed by atoms with Gasteiger partial charge in [0.1, 0.15) is 11.4 Å². The number of halogens is 1. The first-order valence-electron chi connectivity index (χ1n) is 6.36. The fourth-order valence-corrected chi connectivity index (χ4v) is 2.48. The van der Waals surface area contributed by atoms with Crippen LogP contribution in [0.3, 0.4) is 0 Å². The van der Waals surface area contributed by atoms with Crippen molar-refractivity contribution in [3.63, 3.8) is 0 Å². The molecule has 7 heteroatoms. The second-order valence-corrected chi connectivity index (χ2v) is 5.02. The normalized spacial score (nSPS) is 10.6. The highest BCUT2D eigenvalue weighted by Gasteiger charge is 2.17. The van der Waals surface area contributed by atoms with Gasteiger partial charge in [-0.1, -0.05) is 11.6 Å². The molecule has 0 saturated carbocycles. The van der Waals surface area contributed by atoms with Crippen molar-refractivity contribution in [2.75, 3.05) is 13.7 Å². The second kappa shape index (κ2) is 6.05. The Morgan fingerprint density at radius 1 is 1.43 bits per heavy atom. The van der Waals surface area contributed by atoms with Crippen LogP contribution in [-0.4, -0.2) is 30.5 Å². The number of primary amides is 1. The molecule has 1 aromatic heterocycles. The van der Waals surface area contributed by atoms with Gasteiger partial charge in [0.25, 0.3) is 5.91 Å². The molecule has 0 atom stereocenters. The molecule has 0 saturated heterocycles. The lowest BCUT2D eigenvalue weighted by molar-refractivity contribution is -0.118. The summed E-state index contributed by atoms with van der Waals surface area (Å²) < 4.78 is 5.19. The molecule has 6 nitrogen and oxygen atoms in total. The van der Waals surface area contributed by atoms with E-state index in [0.29, 0.717) is 34.9 Å². The predicted molar refractivity (Wildman–Crippen MR) is 80.8 cm³/mol. The van der Waals surface area contributed by atoms with Crippen molar-refractivity contribution in [3.8, 4) is 5.75 Å². The number of amides is 2. The van der Waals surface area contributed by atoms with Crippen molar-refractivity contribution in [1.29, 1.82) is 0 Å². The van der Waals surface area contributed by atoms with E-state index >= 15 is 0 Å². The largest absolute Gasteiger partial charge is 0.495 e. The Morgan fingerprint density at radius 3 is 2.71 bits per heavy atom. The van der Waals surface area contributed by atoms with Crippen molar-refractivity contribution >= 4 is 34.3 Å². The van der Waals surface area contributed by atoms with E-state index in [2.05, 4.69) is 10.3 Å². The van der Waals surface area contributed by atoms with Gasteiger partial charge >= 0.3 is 0 Å². The number of carbonyl (C=O) groups excluding carboxylic acids is 2. The number of rotatable bonds is 5. The van der Waals surface area contributed by atoms with E-state index in [9.17, 15) is 9.59 Å². The summed E-state index contributed by atoms with van der Waals surface area (Å²) in [5, 5.41) is 3.93. The molecule has 112 valence electrons. The highest BCUT2D eigenvalue weighted by atomic mass is 35.5. The average Bonchev–Trinajstić information content (AvgIpc) is 2.75. The van der Waals surface area contributed by atoms with Crippen molar-refractivity contribution < 1.29 is 14.3 Å². The lowest BCUT2D eigenvalue weighted by atomic mass is 10.1. The van der Waals surface area contributed by atoms with Crippen LogP contribution in [0.1, 0.15) is 23.0 Å². The summed E-state index contributed by atoms with van der Waals surface area (Å²) in [5.41, 5.74) is 7.15. The molecule has 21 heavy (non-hydrogen) atoms. The van der Waals surface area contributed by atoms with Crippen LogP contribution in [0.25, 0.3) is 10.9 Å². The zero-order valence-electron chi connectivity index (χ0n) is 11.7. The van der Waals surface area contributed by atoms with Gasteiger partial charge in [-0.25, -0.2) is 0 Å². The molecule has 2 rings (SSSR count). The maximum atomic E-state index is 11.6. The molecule has 0 unspecified atom stereocenters. The number of hydrogen-bond acceptors (Lipinski definition) is 3. The van der Waals surface area contributed by atoms with Gasteiger partial charge in [0, 0.05) is 24.4 Å². The van der Waals surface area contributed by atoms with E-state index in [-0.39, 0.29) is 5.91 Å². The molecule has 0 fully saturated rings. The van der Waals surface area contributed by atoms with Crippen molar-refractivity contribution in [1.82, 2.24) is 10.3 Å². The third-order valence-electron chi connectivity index (χ3n) is 3.17. The summed E-state index contributed by atoms with van der Waals surface area (Å²) in [6.07, 6.45) is 0.475. The lowest BCUT2D eigenvalue weighted by Crippen LogP contribution is -2.23. The highest BCUT2D eigenvalue weighted by Crippen LogP contribution is 2.33. The first-order valence-corrected chi connectivity index (χ1v) is 6.74. The van der Waals surface area contributed by atoms with Crippen LogP contribution >= 0.6 is 11.6 Å². The number of hydrogen-bond donors (Lipinski definition) is 3. The molecule has 0 bridgehead atoms. The van der Waals surface area contributed by atoms with Crippen LogP contribution in [0, 0.1) is 0 Å². The summed E-state index contributed by atoms with van der Waals surface area (Å²) in [7, 11) is 1.52. The molecule has 1 aromatic carbocycles. The number of H-pyrrole nitrogens is 1. The number of aromatic nitrogens is 1. The van der Waals surface area contributed by atoms with Crippen molar-refractivity contribution in [2.24, 2.45) is 5.73 Å². The molecule has 1 heterocycles. The van der Waals surface area contributed by atoms with E-state index in [0.717, 1.165) is 10.9 Å². The Hall–Kier alpha value is -2.21. The van der Waals surface area contributed by atoms with Crippen molar-refractivity contribution in [2.45, 2.75) is 13.3 Å². The first-order chi connectivity index (χ1) is 9.93. The Morgan fingerprint density at radius 2 is 2.14 bits per heavy atom. The monoisotopic (exact) mass is 309 g/mol. The van der Waals surface area contributed by atoms with Gasteiger partial charge < -0.3 is 20.8 Å². The van der Waals surface area contributed by atoms with Gasteiger partial charge in [0.05, 0.1) is 12.1 Å². The molecule has 0 radical (unpaired) electrons. The van der Waals surface area contributed by atoms with Crippen LogP contribution in [-0.2, 0) is 11.2 Å². The first kappa shape index (κ1) is 15.2. The zero-order chi connectivity index (χ0) is 15.6. The van der Waals surface area contributed by atoms with Crippen LogP contribution in [0.2, 0.25) is 5.02 Å². The second-order valence-electron chi connectivity index (χ2n) is 4.61. The van der Waals surface area contributed by atoms with Crippen LogP contribution in [0.5, 0.6) is 5.75 Å². The van der Waals surface area contributed by atoms with E-state index in [1.807, 2.05) is 0 Å². The van der Waals surface area contributed by atoms with Gasteiger partial charge in [-0.3, -0.25) is 9.59 Å². The number of carbonyl (C=O) groups is 2. The quantitative estimate of drug-likeness (QED) is 0.782. The Labute approximate surface area is 126 Å². The van der Waals surface area contributed by atoms with Crippen molar-refractivity contribution in [3.05, 3.63) is 28.4 Å². The van der Waals surface area contributed by atoms with E-state index < -0.39 is 5.91 Å². The zero-order valence-corrected chi connectivity index (χ0v) is 12.5. The van der Waals surface area contributed by atoms with Gasteiger partial charge in [-0.05, 0) is 24.1 Å². The summed E-state index contributed by atoms with van der Waals surface area (Å²) in [4.78, 5) is 25.5. The summed E-state index contributed by atoms with van der Waals surface area (Å²) in [6.45, 7) is 1.85. The minimum atomic E-state index is -0.556. The van der Waals surface area contributed by atoms with Gasteiger partial charge in [-0.15, -0.1) is 0 Å². The lowest BCUT2D eigenvalue weighted by Gasteiger charge is -2.05. The van der Waals surface area contributed by atoms with Gasteiger partial charge in [-0.2, -0.15) is 0 Å². The number of nitrogens with two attached hydrogens (primary N) is 1. The van der Waals surface area contributed by atoms with E-state index in [1.165, 1.54) is 14.0 Å². The molecular weight excluding hydrogens is 294 g/mol. The molecule has 0 aliphatic heterocycles. The smallest absolute Gasteiger partial charge is 0.265 e. The molecule has 0 aliphatic rings. The standard InChI is InChI=1S/C14H16ClN3O3/c1-7(19)17-4-3-8-9-5-12(21-2)10(15)6-11(9)18-13(8)14(16)20/h5-6,18H,3-4H2,1-2H3,(H2,16,20)(H,17,19). The summed E-state index contributed by atoms with van der Waals surface area (Å²) in [5.74, 6) is -0.171. The number of aromatic amines is 1. The fourth-order valence-electron chi connectivity index (χ4n) is 2.24. The Balaban J connectivity index is 2.50. The maximum Gasteiger partial charge on any atom is 0.265 e. The minimum absolute atomic E-state index is 0.129. The third-order valence-corrected chi connectivity index (χ3v) is 3.47.